The van der Waals surface area contributed by atoms with Crippen molar-refractivity contribution in [2.45, 2.75) is 38.6 Å². The molecule has 0 bridgehead atoms. The van der Waals surface area contributed by atoms with Gasteiger partial charge in [-0.1, -0.05) is 6.07 Å². The highest BCUT2D eigenvalue weighted by Crippen LogP contribution is 2.30. The van der Waals surface area contributed by atoms with E-state index >= 15 is 0 Å². The van der Waals surface area contributed by atoms with Crippen LogP contribution in [0.25, 0.3) is 11.3 Å². The molecule has 3 rings (SSSR count). The van der Waals surface area contributed by atoms with Crippen LogP contribution in [0.3, 0.4) is 0 Å². The average molecular weight is 527 g/mol. The van der Waals surface area contributed by atoms with Crippen LogP contribution >= 0.6 is 11.5 Å². The zero-order chi connectivity index (χ0) is 26.7. The molecule has 8 nitrogen and oxygen atoms in total. The normalized spacial score (nSPS) is 12.6. The van der Waals surface area contributed by atoms with Crippen LogP contribution in [-0.4, -0.2) is 39.5 Å². The van der Waals surface area contributed by atoms with E-state index in [2.05, 4.69) is 19.4 Å². The van der Waals surface area contributed by atoms with Gasteiger partial charge in [0.15, 0.2) is 6.61 Å². The van der Waals surface area contributed by atoms with Gasteiger partial charge in [-0.15, -0.1) is 0 Å². The van der Waals surface area contributed by atoms with Crippen LogP contribution in [0.5, 0.6) is 11.6 Å². The second-order valence-corrected chi connectivity index (χ2v) is 9.09. The van der Waals surface area contributed by atoms with Crippen molar-refractivity contribution in [3.8, 4) is 22.9 Å². The minimum absolute atomic E-state index is 0.190. The Morgan fingerprint density at radius 1 is 1.17 bits per heavy atom. The van der Waals surface area contributed by atoms with Gasteiger partial charge in [0.2, 0.25) is 11.8 Å². The van der Waals surface area contributed by atoms with Crippen molar-refractivity contribution in [3.63, 3.8) is 0 Å². The third kappa shape index (κ3) is 6.90. The van der Waals surface area contributed by atoms with E-state index in [4.69, 9.17) is 10.5 Å². The molecule has 0 aliphatic rings. The van der Waals surface area contributed by atoms with Gasteiger partial charge >= 0.3 is 6.18 Å². The summed E-state index contributed by atoms with van der Waals surface area (Å²) in [5.41, 5.74) is 4.49. The maximum atomic E-state index is 14.7. The first-order valence-corrected chi connectivity index (χ1v) is 11.2. The lowest BCUT2D eigenvalue weighted by molar-refractivity contribution is -0.154. The summed E-state index contributed by atoms with van der Waals surface area (Å²) in [4.78, 5) is 28.2. The van der Waals surface area contributed by atoms with Crippen molar-refractivity contribution in [1.29, 1.82) is 0 Å². The number of alkyl halides is 3. The number of rotatable bonds is 9. The Labute approximate surface area is 207 Å². The average Bonchev–Trinajstić information content (AvgIpc) is 3.28. The highest BCUT2D eigenvalue weighted by molar-refractivity contribution is 7.06. The van der Waals surface area contributed by atoms with Crippen molar-refractivity contribution < 1.29 is 36.6 Å². The summed E-state index contributed by atoms with van der Waals surface area (Å²) >= 11 is 1.11. The standard InChI is InChI=1S/C23H22F4N4O4S/c1-12(35-14-5-7-19(29-10-14)34-11-23(25,26)27)18-9-17(31-36-18)13-4-6-15(16(24)8-13)20(32)30-22(2,3)21(28)33/h4-10,12H,11H2,1-3H3,(H2,28,33)(H,30,32)/t12-/m1/s1. The van der Waals surface area contributed by atoms with Crippen molar-refractivity contribution >= 4 is 23.3 Å². The van der Waals surface area contributed by atoms with E-state index in [0.29, 0.717) is 21.9 Å². The Morgan fingerprint density at radius 3 is 2.47 bits per heavy atom. The van der Waals surface area contributed by atoms with E-state index < -0.39 is 42.1 Å². The molecule has 0 saturated carbocycles. The molecule has 13 heteroatoms. The van der Waals surface area contributed by atoms with Crippen LogP contribution in [0.1, 0.15) is 42.1 Å². The van der Waals surface area contributed by atoms with Crippen molar-refractivity contribution in [3.05, 3.63) is 58.9 Å². The Balaban J connectivity index is 1.66. The molecule has 3 N–H and O–H groups in total. The van der Waals surface area contributed by atoms with Gasteiger partial charge in [-0.3, -0.25) is 9.59 Å². The van der Waals surface area contributed by atoms with Gasteiger partial charge in [-0.05, 0) is 56.6 Å². The molecule has 0 unspecified atom stereocenters. The molecule has 0 saturated heterocycles. The molecular weight excluding hydrogens is 504 g/mol. The monoisotopic (exact) mass is 526 g/mol. The fraction of sp³-hybridized carbons (Fsp3) is 0.304. The lowest BCUT2D eigenvalue weighted by Crippen LogP contribution is -2.53. The number of hydrogen-bond acceptors (Lipinski definition) is 7. The summed E-state index contributed by atoms with van der Waals surface area (Å²) in [5, 5.41) is 2.38. The summed E-state index contributed by atoms with van der Waals surface area (Å²) in [5.74, 6) is -2.24. The number of aromatic nitrogens is 2. The zero-order valence-electron chi connectivity index (χ0n) is 19.4. The summed E-state index contributed by atoms with van der Waals surface area (Å²) in [6.07, 6.45) is -3.72. The lowest BCUT2D eigenvalue weighted by atomic mass is 10.0. The SMILES string of the molecule is C[C@@H](Oc1ccc(OCC(F)(F)F)nc1)c1cc(-c2ccc(C(=O)NC(C)(C)C(N)=O)c(F)c2)ns1. The van der Waals surface area contributed by atoms with E-state index in [1.165, 1.54) is 44.3 Å². The van der Waals surface area contributed by atoms with Crippen molar-refractivity contribution in [1.82, 2.24) is 14.7 Å². The smallest absolute Gasteiger partial charge is 0.422 e. The number of primary amides is 1. The fourth-order valence-electron chi connectivity index (χ4n) is 2.83. The van der Waals surface area contributed by atoms with Crippen LogP contribution in [0.2, 0.25) is 0 Å². The zero-order valence-corrected chi connectivity index (χ0v) is 20.2. The number of nitrogens with one attached hydrogen (secondary N) is 1. The molecule has 0 aliphatic heterocycles. The van der Waals surface area contributed by atoms with Gasteiger partial charge in [0.05, 0.1) is 22.3 Å². The summed E-state index contributed by atoms with van der Waals surface area (Å²) in [7, 11) is 0. The Morgan fingerprint density at radius 2 is 1.89 bits per heavy atom. The van der Waals surface area contributed by atoms with E-state index in [9.17, 15) is 27.2 Å². The Bertz CT molecular complexity index is 1250. The molecule has 0 fully saturated rings. The van der Waals surface area contributed by atoms with Gasteiger partial charge in [-0.2, -0.15) is 17.5 Å². The quantitative estimate of drug-likeness (QED) is 0.399. The number of nitrogens with two attached hydrogens (primary N) is 1. The second-order valence-electron chi connectivity index (χ2n) is 8.25. The largest absolute Gasteiger partial charge is 0.484 e. The first-order chi connectivity index (χ1) is 16.7. The molecule has 2 amide bonds. The number of carbonyl (C=O) groups excluding carboxylic acids is 2. The number of benzene rings is 1. The van der Waals surface area contributed by atoms with Gasteiger partial charge in [-0.25, -0.2) is 9.37 Å². The fourth-order valence-corrected chi connectivity index (χ4v) is 3.55. The van der Waals surface area contributed by atoms with Crippen LogP contribution in [0, 0.1) is 5.82 Å². The highest BCUT2D eigenvalue weighted by atomic mass is 32.1. The molecule has 1 aromatic carbocycles. The number of pyridine rings is 1. The van der Waals surface area contributed by atoms with Crippen molar-refractivity contribution in [2.24, 2.45) is 5.73 Å². The summed E-state index contributed by atoms with van der Waals surface area (Å²) in [6.45, 7) is 3.11. The third-order valence-corrected chi connectivity index (χ3v) is 5.83. The number of hydrogen-bond donors (Lipinski definition) is 2. The minimum atomic E-state index is -4.47. The topological polar surface area (TPSA) is 116 Å². The first kappa shape index (κ1) is 26.9. The van der Waals surface area contributed by atoms with Gasteiger partial charge in [0.1, 0.15) is 23.2 Å². The van der Waals surface area contributed by atoms with Crippen molar-refractivity contribution in [2.75, 3.05) is 6.61 Å². The Kier molecular flexibility index (Phi) is 7.82. The highest BCUT2D eigenvalue weighted by Gasteiger charge is 2.29. The van der Waals surface area contributed by atoms with Gasteiger partial charge in [0, 0.05) is 11.6 Å². The summed E-state index contributed by atoms with van der Waals surface area (Å²) < 4.78 is 66.0. The molecule has 3 aromatic rings. The molecule has 1 atom stereocenters. The predicted molar refractivity (Wildman–Crippen MR) is 123 cm³/mol. The molecule has 36 heavy (non-hydrogen) atoms. The van der Waals surface area contributed by atoms with E-state index in [-0.39, 0.29) is 11.4 Å². The van der Waals surface area contributed by atoms with Crippen LogP contribution in [0.4, 0.5) is 17.6 Å². The summed E-state index contributed by atoms with van der Waals surface area (Å²) in [6, 6.07) is 8.33. The number of ether oxygens (including phenoxy) is 2. The van der Waals surface area contributed by atoms with Crippen LogP contribution < -0.4 is 20.5 Å². The predicted octanol–water partition coefficient (Wildman–Crippen LogP) is 4.42. The van der Waals surface area contributed by atoms with E-state index in [0.717, 1.165) is 17.6 Å². The molecule has 0 aliphatic carbocycles. The maximum absolute atomic E-state index is 14.7. The molecule has 2 heterocycles. The van der Waals surface area contributed by atoms with Gasteiger partial charge < -0.3 is 20.5 Å². The second kappa shape index (κ2) is 10.5. The molecule has 2 aromatic heterocycles. The maximum Gasteiger partial charge on any atom is 0.422 e. The molecule has 192 valence electrons. The number of carbonyl (C=O) groups is 2. The van der Waals surface area contributed by atoms with E-state index in [1.54, 1.807) is 13.0 Å². The third-order valence-electron chi connectivity index (χ3n) is 4.89. The Hall–Kier alpha value is -3.74. The van der Waals surface area contributed by atoms with Gasteiger partial charge in [0.25, 0.3) is 5.91 Å². The van der Waals surface area contributed by atoms with E-state index in [1.807, 2.05) is 0 Å². The molecular formula is C23H22F4N4O4S. The lowest BCUT2D eigenvalue weighted by Gasteiger charge is -2.22. The number of nitrogens with zero attached hydrogens (tertiary/aromatic N) is 2. The molecule has 0 radical (unpaired) electrons. The first-order valence-electron chi connectivity index (χ1n) is 10.5. The number of amides is 2. The van der Waals surface area contributed by atoms with Crippen LogP contribution in [0.15, 0.2) is 42.6 Å². The molecule has 0 spiro atoms. The van der Waals surface area contributed by atoms with Crippen LogP contribution in [-0.2, 0) is 4.79 Å². The number of halogens is 4. The minimum Gasteiger partial charge on any atom is -0.484 e.